The number of nitrogens with zero attached hydrogens (tertiary/aromatic N) is 4. The fourth-order valence-electron chi connectivity index (χ4n) is 5.97. The molecular formula is C30H34N4O7. The van der Waals surface area contributed by atoms with Crippen LogP contribution < -0.4 is 5.56 Å². The standard InChI is InChI=1S/C30H34N4O7/c1-3-5-12-40-29(38)33-10-8-32(9-11-33)16-20-19-13-18-15-34-24(26(18)31-23(19)6-7-25(20)35)14-22-21(27(34)36)17-41-28(37)30(22,39)4-2/h6-7,13-14,35,39H,3-5,8-12,15-17H2,1-2H3/t30-/m0/s1. The molecule has 2 aromatic heterocycles. The first-order valence-corrected chi connectivity index (χ1v) is 14.2. The van der Waals surface area contributed by atoms with E-state index in [2.05, 4.69) is 11.8 Å². The first-order valence-electron chi connectivity index (χ1n) is 14.2. The maximum Gasteiger partial charge on any atom is 0.409 e. The van der Waals surface area contributed by atoms with Crippen LogP contribution >= 0.6 is 0 Å². The molecule has 0 bridgehead atoms. The SMILES string of the molecule is CCCCOC(=O)N1CCN(Cc2c(O)ccc3nc4c(cc23)Cn2c-4cc3c(c2=O)COC(=O)[C@]3(O)CC)CC1. The van der Waals surface area contributed by atoms with Gasteiger partial charge in [-0.15, -0.1) is 0 Å². The number of unbranched alkanes of at least 4 members (excludes halogenated alkanes) is 1. The van der Waals surface area contributed by atoms with Gasteiger partial charge in [0.05, 0.1) is 35.6 Å². The van der Waals surface area contributed by atoms with E-state index in [-0.39, 0.29) is 48.1 Å². The third kappa shape index (κ3) is 4.53. The highest BCUT2D eigenvalue weighted by Gasteiger charge is 2.45. The molecule has 1 atom stereocenters. The molecule has 3 aliphatic rings. The van der Waals surface area contributed by atoms with Gasteiger partial charge < -0.3 is 29.2 Å². The number of hydrogen-bond donors (Lipinski definition) is 2. The number of aliphatic hydroxyl groups is 1. The van der Waals surface area contributed by atoms with E-state index in [1.54, 1.807) is 34.6 Å². The van der Waals surface area contributed by atoms with Gasteiger partial charge in [0.25, 0.3) is 5.56 Å². The average molecular weight is 563 g/mol. The summed E-state index contributed by atoms with van der Waals surface area (Å²) in [5, 5.41) is 22.7. The molecule has 5 heterocycles. The second kappa shape index (κ2) is 10.5. The molecule has 1 fully saturated rings. The van der Waals surface area contributed by atoms with Gasteiger partial charge >= 0.3 is 12.1 Å². The Morgan fingerprint density at radius 3 is 2.66 bits per heavy atom. The number of piperazine rings is 1. The van der Waals surface area contributed by atoms with Crippen molar-refractivity contribution in [2.45, 2.75) is 58.4 Å². The lowest BCUT2D eigenvalue weighted by atomic mass is 9.86. The van der Waals surface area contributed by atoms with E-state index >= 15 is 0 Å². The van der Waals surface area contributed by atoms with Gasteiger partial charge in [-0.1, -0.05) is 20.3 Å². The number of phenols is 1. The summed E-state index contributed by atoms with van der Waals surface area (Å²) in [5.41, 5.74) is 1.74. The Hall–Kier alpha value is -3.96. The Balaban J connectivity index is 1.29. The summed E-state index contributed by atoms with van der Waals surface area (Å²) in [6.45, 7) is 7.12. The third-order valence-electron chi connectivity index (χ3n) is 8.51. The molecule has 0 unspecified atom stereocenters. The number of esters is 1. The van der Waals surface area contributed by atoms with Crippen LogP contribution in [0.15, 0.2) is 29.1 Å². The maximum absolute atomic E-state index is 13.5. The van der Waals surface area contributed by atoms with Gasteiger partial charge in [-0.05, 0) is 37.1 Å². The molecule has 1 amide bonds. The highest BCUT2D eigenvalue weighted by Crippen LogP contribution is 2.39. The lowest BCUT2D eigenvalue weighted by molar-refractivity contribution is -0.172. The summed E-state index contributed by atoms with van der Waals surface area (Å²) in [5.74, 6) is -0.594. The number of ether oxygens (including phenoxy) is 2. The third-order valence-corrected chi connectivity index (χ3v) is 8.51. The fourth-order valence-corrected chi connectivity index (χ4v) is 5.97. The first-order chi connectivity index (χ1) is 19.7. The fraction of sp³-hybridized carbons (Fsp3) is 0.467. The summed E-state index contributed by atoms with van der Waals surface area (Å²) in [6, 6.07) is 7.03. The number of hydrogen-bond acceptors (Lipinski definition) is 9. The molecule has 11 nitrogen and oxygen atoms in total. The van der Waals surface area contributed by atoms with Crippen molar-refractivity contribution >= 4 is 23.0 Å². The Labute approximate surface area is 236 Å². The molecule has 2 N–H and O–H groups in total. The molecule has 0 spiro atoms. The minimum absolute atomic E-state index is 0.0800. The van der Waals surface area contributed by atoms with E-state index in [1.165, 1.54) is 0 Å². The van der Waals surface area contributed by atoms with Crippen molar-refractivity contribution in [3.8, 4) is 17.1 Å². The maximum atomic E-state index is 13.5. The molecule has 41 heavy (non-hydrogen) atoms. The molecule has 11 heteroatoms. The van der Waals surface area contributed by atoms with Gasteiger partial charge in [0.2, 0.25) is 0 Å². The van der Waals surface area contributed by atoms with Crippen molar-refractivity contribution in [2.24, 2.45) is 0 Å². The first kappa shape index (κ1) is 27.2. The van der Waals surface area contributed by atoms with Crippen LogP contribution in [0.5, 0.6) is 5.75 Å². The molecule has 1 saturated heterocycles. The Morgan fingerprint density at radius 2 is 1.93 bits per heavy atom. The quantitative estimate of drug-likeness (QED) is 0.269. The number of carbonyl (C=O) groups excluding carboxylic acids is 2. The second-order valence-corrected chi connectivity index (χ2v) is 11.0. The Bertz CT molecular complexity index is 1610. The number of amides is 1. The highest BCUT2D eigenvalue weighted by atomic mass is 16.6. The zero-order valence-electron chi connectivity index (χ0n) is 23.3. The van der Waals surface area contributed by atoms with Gasteiger partial charge in [0.1, 0.15) is 12.4 Å². The number of phenolic OH excluding ortho intramolecular Hbond substituents is 1. The average Bonchev–Trinajstić information content (AvgIpc) is 3.34. The van der Waals surface area contributed by atoms with Crippen molar-refractivity contribution in [1.82, 2.24) is 19.4 Å². The van der Waals surface area contributed by atoms with Gasteiger partial charge in [-0.2, -0.15) is 0 Å². The van der Waals surface area contributed by atoms with Crippen molar-refractivity contribution in [2.75, 3.05) is 32.8 Å². The number of benzene rings is 1. The predicted octanol–water partition coefficient (Wildman–Crippen LogP) is 2.84. The topological polar surface area (TPSA) is 134 Å². The van der Waals surface area contributed by atoms with Gasteiger partial charge in [-0.25, -0.2) is 14.6 Å². The normalized spacial score (nSPS) is 20.0. The summed E-state index contributed by atoms with van der Waals surface area (Å²) in [4.78, 5) is 47.0. The number of cyclic esters (lactones) is 1. The van der Waals surface area contributed by atoms with Crippen LogP contribution in [-0.4, -0.2) is 74.4 Å². The molecule has 6 rings (SSSR count). The van der Waals surface area contributed by atoms with Crippen LogP contribution in [0.25, 0.3) is 22.3 Å². The van der Waals surface area contributed by atoms with Crippen molar-refractivity contribution in [1.29, 1.82) is 0 Å². The summed E-state index contributed by atoms with van der Waals surface area (Å²) in [6.07, 6.45) is 1.62. The van der Waals surface area contributed by atoms with Crippen LogP contribution in [0.3, 0.4) is 0 Å². The van der Waals surface area contributed by atoms with E-state index in [4.69, 9.17) is 14.5 Å². The van der Waals surface area contributed by atoms with Crippen molar-refractivity contribution in [3.63, 3.8) is 0 Å². The number of aromatic hydroxyl groups is 1. The second-order valence-electron chi connectivity index (χ2n) is 11.0. The smallest absolute Gasteiger partial charge is 0.409 e. The Kier molecular flexibility index (Phi) is 6.95. The van der Waals surface area contributed by atoms with Crippen molar-refractivity contribution < 1.29 is 29.3 Å². The van der Waals surface area contributed by atoms with Gasteiger partial charge in [0.15, 0.2) is 5.60 Å². The Morgan fingerprint density at radius 1 is 1.15 bits per heavy atom. The number of fused-ring (bicyclic) bond motifs is 5. The van der Waals surface area contributed by atoms with E-state index in [0.29, 0.717) is 56.2 Å². The molecule has 0 aliphatic carbocycles. The molecule has 216 valence electrons. The number of aromatic nitrogens is 2. The minimum Gasteiger partial charge on any atom is -0.508 e. The molecular weight excluding hydrogens is 528 g/mol. The van der Waals surface area contributed by atoms with E-state index < -0.39 is 11.6 Å². The predicted molar refractivity (Wildman–Crippen MR) is 149 cm³/mol. The van der Waals surface area contributed by atoms with Crippen LogP contribution in [0.2, 0.25) is 0 Å². The lowest BCUT2D eigenvalue weighted by Crippen LogP contribution is -2.48. The molecule has 1 aromatic carbocycles. The summed E-state index contributed by atoms with van der Waals surface area (Å²) >= 11 is 0. The monoisotopic (exact) mass is 562 g/mol. The lowest BCUT2D eigenvalue weighted by Gasteiger charge is -2.34. The van der Waals surface area contributed by atoms with E-state index in [9.17, 15) is 24.6 Å². The summed E-state index contributed by atoms with van der Waals surface area (Å²) < 4.78 is 12.1. The number of carbonyl (C=O) groups is 2. The molecule has 3 aliphatic heterocycles. The number of pyridine rings is 2. The van der Waals surface area contributed by atoms with Crippen LogP contribution in [0.4, 0.5) is 4.79 Å². The zero-order valence-corrected chi connectivity index (χ0v) is 23.3. The largest absolute Gasteiger partial charge is 0.508 e. The van der Waals surface area contributed by atoms with Crippen molar-refractivity contribution in [3.05, 3.63) is 56.9 Å². The van der Waals surface area contributed by atoms with E-state index in [1.807, 2.05) is 6.07 Å². The molecule has 0 saturated carbocycles. The zero-order chi connectivity index (χ0) is 28.9. The van der Waals surface area contributed by atoms with Gasteiger partial charge in [0, 0.05) is 54.8 Å². The minimum atomic E-state index is -1.88. The highest BCUT2D eigenvalue weighted by molar-refractivity contribution is 5.89. The number of rotatable bonds is 6. The summed E-state index contributed by atoms with van der Waals surface area (Å²) in [7, 11) is 0. The van der Waals surface area contributed by atoms with Crippen LogP contribution in [-0.2, 0) is 39.6 Å². The van der Waals surface area contributed by atoms with Gasteiger partial charge in [-0.3, -0.25) is 9.69 Å². The van der Waals surface area contributed by atoms with Crippen LogP contribution in [0.1, 0.15) is 55.4 Å². The van der Waals surface area contributed by atoms with Crippen LogP contribution in [0, 0.1) is 0 Å². The molecule has 3 aromatic rings. The van der Waals surface area contributed by atoms with E-state index in [0.717, 1.165) is 29.4 Å². The molecule has 0 radical (unpaired) electrons.